The maximum absolute atomic E-state index is 12.9. The van der Waals surface area contributed by atoms with Crippen LogP contribution in [0, 0.1) is 5.92 Å². The normalized spacial score (nSPS) is 16.6. The van der Waals surface area contributed by atoms with Crippen LogP contribution in [0.1, 0.15) is 37.8 Å². The van der Waals surface area contributed by atoms with E-state index in [1.807, 2.05) is 49.6 Å². The molecule has 0 bridgehead atoms. The highest BCUT2D eigenvalue weighted by Crippen LogP contribution is 2.27. The molecule has 1 unspecified atom stereocenters. The third-order valence-corrected chi connectivity index (χ3v) is 8.42. The number of ether oxygens (including phenoxy) is 1. The molecule has 1 amide bonds. The first-order valence-electron chi connectivity index (χ1n) is 10.5. The molecule has 168 valence electrons. The Morgan fingerprint density at radius 2 is 1.74 bits per heavy atom. The lowest BCUT2D eigenvalue weighted by Gasteiger charge is -2.31. The Bertz CT molecular complexity index is 968. The summed E-state index contributed by atoms with van der Waals surface area (Å²) in [5.41, 5.74) is 1.03. The molecular formula is C23H30N2O4S2. The number of carbonyl (C=O) groups excluding carboxylic acids is 1. The van der Waals surface area contributed by atoms with E-state index in [1.54, 1.807) is 31.0 Å². The molecule has 0 aromatic heterocycles. The summed E-state index contributed by atoms with van der Waals surface area (Å²) < 4.78 is 32.6. The lowest BCUT2D eigenvalue weighted by molar-refractivity contribution is -0.126. The largest absolute Gasteiger partial charge is 0.497 e. The summed E-state index contributed by atoms with van der Waals surface area (Å²) in [7, 11) is -1.91. The van der Waals surface area contributed by atoms with Crippen LogP contribution in [0.25, 0.3) is 0 Å². The van der Waals surface area contributed by atoms with E-state index in [4.69, 9.17) is 4.74 Å². The predicted octanol–water partition coefficient (Wildman–Crippen LogP) is 4.09. The molecule has 1 fully saturated rings. The SMILES string of the molecule is CCC(NC(=O)C1CCN(S(=O)(=O)c2ccc(SC)cc2)CC1)c1ccc(OC)cc1. The van der Waals surface area contributed by atoms with Gasteiger partial charge >= 0.3 is 0 Å². The molecule has 1 saturated heterocycles. The van der Waals surface area contributed by atoms with Gasteiger partial charge in [-0.05, 0) is 67.5 Å². The smallest absolute Gasteiger partial charge is 0.243 e. The molecule has 0 saturated carbocycles. The second-order valence-corrected chi connectivity index (χ2v) is 10.4. The molecule has 8 heteroatoms. The number of thioether (sulfide) groups is 1. The summed E-state index contributed by atoms with van der Waals surface area (Å²) in [5, 5.41) is 3.14. The van der Waals surface area contributed by atoms with Crippen LogP contribution in [0.3, 0.4) is 0 Å². The molecule has 6 nitrogen and oxygen atoms in total. The van der Waals surface area contributed by atoms with Gasteiger partial charge in [0, 0.05) is 23.9 Å². The van der Waals surface area contributed by atoms with Gasteiger partial charge in [0.1, 0.15) is 5.75 Å². The van der Waals surface area contributed by atoms with Crippen LogP contribution < -0.4 is 10.1 Å². The average Bonchev–Trinajstić information content (AvgIpc) is 2.82. The van der Waals surface area contributed by atoms with E-state index in [2.05, 4.69) is 5.32 Å². The van der Waals surface area contributed by atoms with Gasteiger partial charge in [-0.1, -0.05) is 19.1 Å². The van der Waals surface area contributed by atoms with Crippen molar-refractivity contribution in [1.29, 1.82) is 0 Å². The van der Waals surface area contributed by atoms with Crippen LogP contribution in [0.5, 0.6) is 5.75 Å². The fourth-order valence-electron chi connectivity index (χ4n) is 3.80. The zero-order valence-electron chi connectivity index (χ0n) is 18.2. The summed E-state index contributed by atoms with van der Waals surface area (Å²) in [5.74, 6) is 0.586. The minimum absolute atomic E-state index is 0.0101. The number of methoxy groups -OCH3 is 1. The van der Waals surface area contributed by atoms with E-state index < -0.39 is 10.0 Å². The van der Waals surface area contributed by atoms with Crippen LogP contribution in [-0.2, 0) is 14.8 Å². The van der Waals surface area contributed by atoms with Crippen molar-refractivity contribution in [2.75, 3.05) is 26.5 Å². The van der Waals surface area contributed by atoms with E-state index >= 15 is 0 Å². The van der Waals surface area contributed by atoms with E-state index in [0.717, 1.165) is 22.6 Å². The number of carbonyl (C=O) groups is 1. The first-order chi connectivity index (χ1) is 14.9. The highest BCUT2D eigenvalue weighted by atomic mass is 32.2. The summed E-state index contributed by atoms with van der Waals surface area (Å²) >= 11 is 1.57. The first kappa shape index (κ1) is 23.6. The molecule has 0 radical (unpaired) electrons. The third-order valence-electron chi connectivity index (χ3n) is 5.76. The van der Waals surface area contributed by atoms with Gasteiger partial charge in [-0.3, -0.25) is 4.79 Å². The highest BCUT2D eigenvalue weighted by molar-refractivity contribution is 7.98. The quantitative estimate of drug-likeness (QED) is 0.598. The van der Waals surface area contributed by atoms with Crippen molar-refractivity contribution >= 4 is 27.7 Å². The van der Waals surface area contributed by atoms with Gasteiger partial charge in [0.05, 0.1) is 18.0 Å². The van der Waals surface area contributed by atoms with E-state index in [0.29, 0.717) is 30.8 Å². The zero-order valence-corrected chi connectivity index (χ0v) is 19.8. The Hall–Kier alpha value is -2.03. The van der Waals surface area contributed by atoms with Gasteiger partial charge in [-0.15, -0.1) is 11.8 Å². The monoisotopic (exact) mass is 462 g/mol. The molecule has 1 aliphatic rings. The molecule has 2 aromatic carbocycles. The van der Waals surface area contributed by atoms with Crippen molar-refractivity contribution in [2.24, 2.45) is 5.92 Å². The van der Waals surface area contributed by atoms with Crippen LogP contribution in [0.2, 0.25) is 0 Å². The van der Waals surface area contributed by atoms with Crippen molar-refractivity contribution in [3.8, 4) is 5.75 Å². The Kier molecular flexibility index (Phi) is 8.02. The summed E-state index contributed by atoms with van der Waals surface area (Å²) in [4.78, 5) is 14.2. The van der Waals surface area contributed by atoms with Gasteiger partial charge in [0.15, 0.2) is 0 Å². The molecule has 1 atom stereocenters. The minimum atomic E-state index is -3.53. The Morgan fingerprint density at radius 3 is 2.26 bits per heavy atom. The van der Waals surface area contributed by atoms with Gasteiger partial charge < -0.3 is 10.1 Å². The second-order valence-electron chi connectivity index (χ2n) is 7.60. The number of nitrogens with one attached hydrogen (secondary N) is 1. The van der Waals surface area contributed by atoms with Gasteiger partial charge in [-0.2, -0.15) is 4.31 Å². The lowest BCUT2D eigenvalue weighted by atomic mass is 9.95. The van der Waals surface area contributed by atoms with Crippen molar-refractivity contribution in [3.63, 3.8) is 0 Å². The standard InChI is InChI=1S/C23H30N2O4S2/c1-4-22(17-5-7-19(29-2)8-6-17)24-23(26)18-13-15-25(16-14-18)31(27,28)21-11-9-20(30-3)10-12-21/h5-12,18,22H,4,13-16H2,1-3H3,(H,24,26). The maximum atomic E-state index is 12.9. The number of piperidine rings is 1. The van der Waals surface area contributed by atoms with Crippen LogP contribution in [-0.4, -0.2) is 45.1 Å². The van der Waals surface area contributed by atoms with Crippen molar-refractivity contribution < 1.29 is 17.9 Å². The summed E-state index contributed by atoms with van der Waals surface area (Å²) in [6.45, 7) is 2.74. The Labute approximate surface area is 189 Å². The predicted molar refractivity (Wildman–Crippen MR) is 124 cm³/mol. The third kappa shape index (κ3) is 5.61. The number of benzene rings is 2. The number of sulfonamides is 1. The minimum Gasteiger partial charge on any atom is -0.497 e. The molecular weight excluding hydrogens is 432 g/mol. The van der Waals surface area contributed by atoms with Gasteiger partial charge in [-0.25, -0.2) is 8.42 Å². The summed E-state index contributed by atoms with van der Waals surface area (Å²) in [6, 6.07) is 14.6. The number of hydrogen-bond donors (Lipinski definition) is 1. The number of nitrogens with zero attached hydrogens (tertiary/aromatic N) is 1. The van der Waals surface area contributed by atoms with Crippen LogP contribution in [0.15, 0.2) is 58.3 Å². The summed E-state index contributed by atoms with van der Waals surface area (Å²) in [6.07, 6.45) is 3.77. The van der Waals surface area contributed by atoms with Crippen molar-refractivity contribution in [3.05, 3.63) is 54.1 Å². The van der Waals surface area contributed by atoms with E-state index in [-0.39, 0.29) is 17.9 Å². The molecule has 0 aliphatic carbocycles. The topological polar surface area (TPSA) is 75.7 Å². The molecule has 2 aromatic rings. The molecule has 3 rings (SSSR count). The Balaban J connectivity index is 1.59. The lowest BCUT2D eigenvalue weighted by Crippen LogP contribution is -2.43. The first-order valence-corrected chi connectivity index (χ1v) is 13.1. The molecule has 1 N–H and O–H groups in total. The highest BCUT2D eigenvalue weighted by Gasteiger charge is 2.32. The zero-order chi connectivity index (χ0) is 22.4. The fraction of sp³-hybridized carbons (Fsp3) is 0.435. The van der Waals surface area contributed by atoms with E-state index in [1.165, 1.54) is 4.31 Å². The van der Waals surface area contributed by atoms with Gasteiger partial charge in [0.25, 0.3) is 0 Å². The van der Waals surface area contributed by atoms with Gasteiger partial charge in [0.2, 0.25) is 15.9 Å². The maximum Gasteiger partial charge on any atom is 0.243 e. The van der Waals surface area contributed by atoms with Crippen molar-refractivity contribution in [1.82, 2.24) is 9.62 Å². The van der Waals surface area contributed by atoms with Crippen molar-refractivity contribution in [2.45, 2.75) is 42.0 Å². The van der Waals surface area contributed by atoms with E-state index in [9.17, 15) is 13.2 Å². The average molecular weight is 463 g/mol. The number of amides is 1. The molecule has 31 heavy (non-hydrogen) atoms. The van der Waals surface area contributed by atoms with Crippen LogP contribution in [0.4, 0.5) is 0 Å². The second kappa shape index (κ2) is 10.5. The molecule has 1 aliphatic heterocycles. The Morgan fingerprint density at radius 1 is 1.13 bits per heavy atom. The number of hydrogen-bond acceptors (Lipinski definition) is 5. The number of rotatable bonds is 8. The molecule has 1 heterocycles. The van der Waals surface area contributed by atoms with Crippen LogP contribution >= 0.6 is 11.8 Å². The fourth-order valence-corrected chi connectivity index (χ4v) is 5.68. The molecule has 0 spiro atoms.